The van der Waals surface area contributed by atoms with Crippen molar-refractivity contribution in [2.24, 2.45) is 0 Å². The molecule has 0 unspecified atom stereocenters. The fourth-order valence-electron chi connectivity index (χ4n) is 1.59. The summed E-state index contributed by atoms with van der Waals surface area (Å²) in [5.41, 5.74) is -0.633. The smallest absolute Gasteiger partial charge is 0.306 e. The molecule has 4 heteroatoms. The summed E-state index contributed by atoms with van der Waals surface area (Å²) in [7, 11) is 1.40. The molecule has 0 aromatic heterocycles. The molecule has 4 nitrogen and oxygen atoms in total. The van der Waals surface area contributed by atoms with Crippen LogP contribution in [-0.2, 0) is 9.53 Å². The van der Waals surface area contributed by atoms with Gasteiger partial charge in [0.2, 0.25) is 0 Å². The first-order valence-corrected chi connectivity index (χ1v) is 6.02. The van der Waals surface area contributed by atoms with Crippen molar-refractivity contribution in [3.05, 3.63) is 0 Å². The maximum Gasteiger partial charge on any atom is 0.306 e. The van der Waals surface area contributed by atoms with Gasteiger partial charge in [0.25, 0.3) is 0 Å². The third kappa shape index (κ3) is 5.47. The van der Waals surface area contributed by atoms with Crippen LogP contribution >= 0.6 is 0 Å². The molecule has 0 aliphatic carbocycles. The maximum atomic E-state index is 11.0. The Bertz CT molecular complexity index is 202. The van der Waals surface area contributed by atoms with Gasteiger partial charge in [0.15, 0.2) is 0 Å². The van der Waals surface area contributed by atoms with E-state index in [4.69, 9.17) is 0 Å². The Kier molecular flexibility index (Phi) is 7.34. The van der Waals surface area contributed by atoms with Gasteiger partial charge in [0, 0.05) is 13.1 Å². The van der Waals surface area contributed by atoms with Crippen LogP contribution in [0.3, 0.4) is 0 Å². The van der Waals surface area contributed by atoms with Crippen molar-refractivity contribution in [1.29, 1.82) is 0 Å². The number of likely N-dealkylation sites (N-methyl/N-ethyl adjacent to an activating group) is 1. The zero-order valence-electron chi connectivity index (χ0n) is 11.0. The Labute approximate surface area is 98.6 Å². The number of esters is 1. The molecule has 0 rings (SSSR count). The average Bonchev–Trinajstić information content (AvgIpc) is 2.33. The number of hydrogen-bond donors (Lipinski definition) is 1. The topological polar surface area (TPSA) is 49.8 Å². The molecule has 0 aromatic carbocycles. The molecule has 1 N–H and O–H groups in total. The van der Waals surface area contributed by atoms with Gasteiger partial charge in [-0.2, -0.15) is 0 Å². The molecule has 0 aliphatic rings. The predicted molar refractivity (Wildman–Crippen MR) is 64.3 cm³/mol. The van der Waals surface area contributed by atoms with E-state index in [0.717, 1.165) is 19.4 Å². The van der Waals surface area contributed by atoms with Crippen molar-refractivity contribution in [2.45, 2.75) is 45.6 Å². The molecule has 0 spiro atoms. The van der Waals surface area contributed by atoms with Crippen molar-refractivity contribution >= 4 is 5.97 Å². The summed E-state index contributed by atoms with van der Waals surface area (Å²) in [4.78, 5) is 13.1. The molecule has 0 heterocycles. The normalized spacial score (nSPS) is 11.9. The minimum absolute atomic E-state index is 0.199. The van der Waals surface area contributed by atoms with E-state index in [1.54, 1.807) is 0 Å². The van der Waals surface area contributed by atoms with Gasteiger partial charge >= 0.3 is 5.97 Å². The van der Waals surface area contributed by atoms with Crippen molar-refractivity contribution < 1.29 is 14.6 Å². The Hall–Kier alpha value is -0.610. The van der Waals surface area contributed by atoms with Gasteiger partial charge in [-0.25, -0.2) is 0 Å². The minimum Gasteiger partial charge on any atom is -0.469 e. The van der Waals surface area contributed by atoms with E-state index in [1.807, 2.05) is 20.8 Å². The minimum atomic E-state index is -0.633. The van der Waals surface area contributed by atoms with Crippen LogP contribution in [-0.4, -0.2) is 48.3 Å². The number of hydrogen-bond acceptors (Lipinski definition) is 4. The zero-order valence-corrected chi connectivity index (χ0v) is 11.0. The predicted octanol–water partition coefficient (Wildman–Crippen LogP) is 1.42. The number of ether oxygens (including phenoxy) is 1. The zero-order chi connectivity index (χ0) is 12.6. The lowest BCUT2D eigenvalue weighted by Crippen LogP contribution is -2.43. The van der Waals surface area contributed by atoms with Crippen LogP contribution in [0.15, 0.2) is 0 Å². The molecule has 0 saturated heterocycles. The molecule has 0 saturated carbocycles. The van der Waals surface area contributed by atoms with Gasteiger partial charge in [-0.15, -0.1) is 0 Å². The molecule has 0 atom stereocenters. The highest BCUT2D eigenvalue weighted by molar-refractivity contribution is 5.69. The van der Waals surface area contributed by atoms with E-state index in [9.17, 15) is 9.90 Å². The highest BCUT2D eigenvalue weighted by Gasteiger charge is 2.25. The molecular formula is C12H25NO3. The standard InChI is InChI=1S/C12H25NO3/c1-5-12(15,6-2)10-13(7-3)9-8-11(14)16-4/h15H,5-10H2,1-4H3. The molecular weight excluding hydrogens is 206 g/mol. The first kappa shape index (κ1) is 15.4. The van der Waals surface area contributed by atoms with Gasteiger partial charge in [-0.1, -0.05) is 20.8 Å². The van der Waals surface area contributed by atoms with Crippen molar-refractivity contribution in [3.63, 3.8) is 0 Å². The van der Waals surface area contributed by atoms with E-state index < -0.39 is 5.60 Å². The SMILES string of the molecule is CCN(CCC(=O)OC)CC(O)(CC)CC. The Morgan fingerprint density at radius 1 is 1.31 bits per heavy atom. The van der Waals surface area contributed by atoms with E-state index in [2.05, 4.69) is 9.64 Å². The summed E-state index contributed by atoms with van der Waals surface area (Å²) in [6.45, 7) is 8.09. The maximum absolute atomic E-state index is 11.0. The van der Waals surface area contributed by atoms with Crippen LogP contribution in [0.2, 0.25) is 0 Å². The number of methoxy groups -OCH3 is 1. The second-order valence-corrected chi connectivity index (χ2v) is 4.13. The van der Waals surface area contributed by atoms with E-state index in [1.165, 1.54) is 7.11 Å². The van der Waals surface area contributed by atoms with Crippen LogP contribution in [0.5, 0.6) is 0 Å². The summed E-state index contributed by atoms with van der Waals surface area (Å²) in [5.74, 6) is -0.199. The lowest BCUT2D eigenvalue weighted by Gasteiger charge is -2.32. The molecule has 16 heavy (non-hydrogen) atoms. The highest BCUT2D eigenvalue weighted by atomic mass is 16.5. The molecule has 0 bridgehead atoms. The van der Waals surface area contributed by atoms with Crippen molar-refractivity contribution in [1.82, 2.24) is 4.90 Å². The lowest BCUT2D eigenvalue weighted by molar-refractivity contribution is -0.141. The van der Waals surface area contributed by atoms with Gasteiger partial charge in [0.05, 0.1) is 19.1 Å². The van der Waals surface area contributed by atoms with Gasteiger partial charge in [-0.05, 0) is 19.4 Å². The largest absolute Gasteiger partial charge is 0.469 e. The van der Waals surface area contributed by atoms with Gasteiger partial charge < -0.3 is 14.7 Å². The second-order valence-electron chi connectivity index (χ2n) is 4.13. The third-order valence-corrected chi connectivity index (χ3v) is 3.14. The lowest BCUT2D eigenvalue weighted by atomic mass is 9.97. The van der Waals surface area contributed by atoms with Crippen molar-refractivity contribution in [2.75, 3.05) is 26.7 Å². The first-order valence-electron chi connectivity index (χ1n) is 6.02. The van der Waals surface area contributed by atoms with Crippen LogP contribution in [0.4, 0.5) is 0 Å². The number of rotatable bonds is 8. The third-order valence-electron chi connectivity index (χ3n) is 3.14. The molecule has 0 fully saturated rings. The first-order chi connectivity index (χ1) is 7.51. The number of nitrogens with zero attached hydrogens (tertiary/aromatic N) is 1. The fraction of sp³-hybridized carbons (Fsp3) is 0.917. The fourth-order valence-corrected chi connectivity index (χ4v) is 1.59. The molecule has 0 aliphatic heterocycles. The quantitative estimate of drug-likeness (QED) is 0.642. The Morgan fingerprint density at radius 2 is 1.88 bits per heavy atom. The molecule has 0 amide bonds. The van der Waals surface area contributed by atoms with E-state index >= 15 is 0 Å². The van der Waals surface area contributed by atoms with E-state index in [-0.39, 0.29) is 5.97 Å². The number of aliphatic hydroxyl groups is 1. The summed E-state index contributed by atoms with van der Waals surface area (Å²) >= 11 is 0. The second kappa shape index (κ2) is 7.63. The van der Waals surface area contributed by atoms with Crippen LogP contribution in [0.1, 0.15) is 40.0 Å². The van der Waals surface area contributed by atoms with Gasteiger partial charge in [-0.3, -0.25) is 4.79 Å². The van der Waals surface area contributed by atoms with Crippen molar-refractivity contribution in [3.8, 4) is 0 Å². The molecule has 96 valence electrons. The van der Waals surface area contributed by atoms with Crippen LogP contribution in [0, 0.1) is 0 Å². The molecule has 0 radical (unpaired) electrons. The Morgan fingerprint density at radius 3 is 2.25 bits per heavy atom. The summed E-state index contributed by atoms with van der Waals surface area (Å²) in [6.07, 6.45) is 1.85. The number of carbonyl (C=O) groups excluding carboxylic acids is 1. The number of carbonyl (C=O) groups is 1. The van der Waals surface area contributed by atoms with Crippen LogP contribution < -0.4 is 0 Å². The van der Waals surface area contributed by atoms with Crippen LogP contribution in [0.25, 0.3) is 0 Å². The highest BCUT2D eigenvalue weighted by Crippen LogP contribution is 2.16. The monoisotopic (exact) mass is 231 g/mol. The molecule has 0 aromatic rings. The summed E-state index contributed by atoms with van der Waals surface area (Å²) < 4.78 is 4.60. The average molecular weight is 231 g/mol. The van der Waals surface area contributed by atoms with Gasteiger partial charge in [0.1, 0.15) is 0 Å². The van der Waals surface area contributed by atoms with E-state index in [0.29, 0.717) is 19.5 Å². The Balaban J connectivity index is 4.13. The summed E-state index contributed by atoms with van der Waals surface area (Å²) in [5, 5.41) is 10.2. The summed E-state index contributed by atoms with van der Waals surface area (Å²) in [6, 6.07) is 0.